The minimum atomic E-state index is -3.72. The molecule has 1 aromatic carbocycles. The Balaban J connectivity index is 2.86. The molecule has 0 atom stereocenters. The summed E-state index contributed by atoms with van der Waals surface area (Å²) in [6.07, 6.45) is 0. The number of nitrogens with one attached hydrogen (secondary N) is 2. The standard InChI is InChI=1S/C19H32N4O5S/c1-8-28-15-10-9-14(11-16(15)29(26,27)22(5)6)20-12-18(25)23(7)13-17(24)21-19(2,3)4/h9-11,20H,8,12-13H2,1-7H3,(H,21,24). The summed E-state index contributed by atoms with van der Waals surface area (Å²) in [5.41, 5.74) is 0.0744. The molecule has 0 aromatic heterocycles. The highest BCUT2D eigenvalue weighted by atomic mass is 32.2. The molecule has 0 aliphatic carbocycles. The zero-order chi connectivity index (χ0) is 22.4. The molecule has 10 heteroatoms. The fraction of sp³-hybridized carbons (Fsp3) is 0.579. The van der Waals surface area contributed by atoms with Crippen LogP contribution in [0, 0.1) is 0 Å². The van der Waals surface area contributed by atoms with E-state index >= 15 is 0 Å². The first kappa shape index (κ1) is 24.7. The van der Waals surface area contributed by atoms with E-state index in [1.165, 1.54) is 32.1 Å². The normalized spacial score (nSPS) is 11.9. The van der Waals surface area contributed by atoms with E-state index < -0.39 is 10.0 Å². The van der Waals surface area contributed by atoms with Gasteiger partial charge in [0.15, 0.2) is 0 Å². The third-order valence-corrected chi connectivity index (χ3v) is 5.60. The Hall–Kier alpha value is -2.33. The fourth-order valence-corrected chi connectivity index (χ4v) is 3.42. The quantitative estimate of drug-likeness (QED) is 0.610. The smallest absolute Gasteiger partial charge is 0.246 e. The van der Waals surface area contributed by atoms with Crippen LogP contribution in [0.4, 0.5) is 5.69 Å². The van der Waals surface area contributed by atoms with E-state index in [1.54, 1.807) is 19.1 Å². The molecule has 0 unspecified atom stereocenters. The highest BCUT2D eigenvalue weighted by Crippen LogP contribution is 2.29. The summed E-state index contributed by atoms with van der Waals surface area (Å²) in [6.45, 7) is 7.51. The van der Waals surface area contributed by atoms with E-state index in [-0.39, 0.29) is 41.1 Å². The molecule has 0 saturated heterocycles. The van der Waals surface area contributed by atoms with Gasteiger partial charge < -0.3 is 20.3 Å². The van der Waals surface area contributed by atoms with Gasteiger partial charge in [-0.3, -0.25) is 9.59 Å². The molecule has 0 radical (unpaired) electrons. The van der Waals surface area contributed by atoms with Gasteiger partial charge in [0.2, 0.25) is 21.8 Å². The zero-order valence-electron chi connectivity index (χ0n) is 18.2. The number of amides is 2. The maximum absolute atomic E-state index is 12.6. The molecule has 2 amide bonds. The Labute approximate surface area is 173 Å². The Morgan fingerprint density at radius 2 is 1.76 bits per heavy atom. The number of likely N-dealkylation sites (N-methyl/N-ethyl adjacent to an activating group) is 1. The van der Waals surface area contributed by atoms with Crippen LogP contribution >= 0.6 is 0 Å². The first-order chi connectivity index (χ1) is 13.3. The molecule has 1 rings (SSSR count). The van der Waals surface area contributed by atoms with Crippen molar-refractivity contribution in [2.45, 2.75) is 38.1 Å². The van der Waals surface area contributed by atoms with Crippen LogP contribution in [0.1, 0.15) is 27.7 Å². The molecule has 2 N–H and O–H groups in total. The molecular formula is C19H32N4O5S. The average Bonchev–Trinajstić information content (AvgIpc) is 2.58. The van der Waals surface area contributed by atoms with E-state index in [9.17, 15) is 18.0 Å². The third-order valence-electron chi connectivity index (χ3n) is 3.77. The van der Waals surface area contributed by atoms with E-state index in [0.29, 0.717) is 12.3 Å². The number of carbonyl (C=O) groups excluding carboxylic acids is 2. The van der Waals surface area contributed by atoms with Crippen LogP contribution in [0.5, 0.6) is 5.75 Å². The lowest BCUT2D eigenvalue weighted by Gasteiger charge is -2.23. The van der Waals surface area contributed by atoms with Crippen LogP contribution < -0.4 is 15.4 Å². The highest BCUT2D eigenvalue weighted by Gasteiger charge is 2.23. The molecule has 9 nitrogen and oxygen atoms in total. The molecule has 0 saturated carbocycles. The molecular weight excluding hydrogens is 396 g/mol. The molecule has 0 aliphatic heterocycles. The van der Waals surface area contributed by atoms with Crippen LogP contribution in [0.25, 0.3) is 0 Å². The van der Waals surface area contributed by atoms with Crippen molar-refractivity contribution in [1.82, 2.24) is 14.5 Å². The van der Waals surface area contributed by atoms with Crippen LogP contribution in [0.3, 0.4) is 0 Å². The number of benzene rings is 1. The Morgan fingerprint density at radius 3 is 2.28 bits per heavy atom. The fourth-order valence-electron chi connectivity index (χ4n) is 2.37. The number of ether oxygens (including phenoxy) is 1. The van der Waals surface area contributed by atoms with Crippen molar-refractivity contribution in [3.05, 3.63) is 18.2 Å². The van der Waals surface area contributed by atoms with Gasteiger partial charge in [-0.25, -0.2) is 12.7 Å². The number of nitrogens with zero attached hydrogens (tertiary/aromatic N) is 2. The van der Waals surface area contributed by atoms with E-state index in [1.807, 2.05) is 20.8 Å². The lowest BCUT2D eigenvalue weighted by Crippen LogP contribution is -2.47. The van der Waals surface area contributed by atoms with Crippen molar-refractivity contribution in [3.8, 4) is 5.75 Å². The molecule has 0 heterocycles. The Morgan fingerprint density at radius 1 is 1.14 bits per heavy atom. The second kappa shape index (κ2) is 9.93. The van der Waals surface area contributed by atoms with Gasteiger partial charge >= 0.3 is 0 Å². The first-order valence-electron chi connectivity index (χ1n) is 9.26. The summed E-state index contributed by atoms with van der Waals surface area (Å²) in [4.78, 5) is 25.6. The van der Waals surface area contributed by atoms with Gasteiger partial charge in [-0.15, -0.1) is 0 Å². The second-order valence-corrected chi connectivity index (χ2v) is 9.90. The largest absolute Gasteiger partial charge is 0.492 e. The summed E-state index contributed by atoms with van der Waals surface area (Å²) in [6, 6.07) is 4.62. The van der Waals surface area contributed by atoms with Crippen molar-refractivity contribution in [2.75, 3.05) is 46.2 Å². The van der Waals surface area contributed by atoms with Crippen LogP contribution in [-0.4, -0.2) is 75.8 Å². The minimum absolute atomic E-state index is 0.0136. The lowest BCUT2D eigenvalue weighted by molar-refractivity contribution is -0.133. The predicted molar refractivity (Wildman–Crippen MR) is 113 cm³/mol. The van der Waals surface area contributed by atoms with Crippen molar-refractivity contribution >= 4 is 27.5 Å². The second-order valence-electron chi connectivity index (χ2n) is 7.78. The number of carbonyl (C=O) groups is 2. The van der Waals surface area contributed by atoms with Crippen molar-refractivity contribution < 1.29 is 22.7 Å². The monoisotopic (exact) mass is 428 g/mol. The number of hydrogen-bond acceptors (Lipinski definition) is 6. The van der Waals surface area contributed by atoms with Gasteiger partial charge in [-0.05, 0) is 45.9 Å². The number of sulfonamides is 1. The lowest BCUT2D eigenvalue weighted by atomic mass is 10.1. The number of rotatable bonds is 9. The van der Waals surface area contributed by atoms with Gasteiger partial charge in [0.25, 0.3) is 0 Å². The summed E-state index contributed by atoms with van der Waals surface area (Å²) in [5, 5.41) is 5.70. The molecule has 1 aromatic rings. The predicted octanol–water partition coefficient (Wildman–Crippen LogP) is 1.12. The molecule has 0 spiro atoms. The first-order valence-corrected chi connectivity index (χ1v) is 10.7. The minimum Gasteiger partial charge on any atom is -0.492 e. The van der Waals surface area contributed by atoms with E-state index in [4.69, 9.17) is 4.74 Å². The SMILES string of the molecule is CCOc1ccc(NCC(=O)N(C)CC(=O)NC(C)(C)C)cc1S(=O)(=O)N(C)C. The summed E-state index contributed by atoms with van der Waals surface area (Å²) in [7, 11) is 0.687. The molecule has 29 heavy (non-hydrogen) atoms. The van der Waals surface area contributed by atoms with E-state index in [2.05, 4.69) is 10.6 Å². The van der Waals surface area contributed by atoms with Crippen LogP contribution in [0.15, 0.2) is 23.1 Å². The molecule has 0 fully saturated rings. The van der Waals surface area contributed by atoms with Crippen molar-refractivity contribution in [1.29, 1.82) is 0 Å². The van der Waals surface area contributed by atoms with E-state index in [0.717, 1.165) is 4.31 Å². The topological polar surface area (TPSA) is 108 Å². The highest BCUT2D eigenvalue weighted by molar-refractivity contribution is 7.89. The van der Waals surface area contributed by atoms with Crippen molar-refractivity contribution in [2.24, 2.45) is 0 Å². The Kier molecular flexibility index (Phi) is 8.46. The summed E-state index contributed by atoms with van der Waals surface area (Å²) < 4.78 is 31.6. The van der Waals surface area contributed by atoms with Crippen molar-refractivity contribution in [3.63, 3.8) is 0 Å². The number of anilines is 1. The van der Waals surface area contributed by atoms with Gasteiger partial charge in [-0.2, -0.15) is 0 Å². The maximum atomic E-state index is 12.6. The van der Waals surface area contributed by atoms with Crippen LogP contribution in [0.2, 0.25) is 0 Å². The molecule has 164 valence electrons. The summed E-state index contributed by atoms with van der Waals surface area (Å²) in [5.74, 6) is -0.317. The molecule has 0 bridgehead atoms. The van der Waals surface area contributed by atoms with Gasteiger partial charge in [0.05, 0.1) is 19.7 Å². The molecule has 0 aliphatic rings. The maximum Gasteiger partial charge on any atom is 0.246 e. The third kappa shape index (κ3) is 7.54. The van der Waals surface area contributed by atoms with Gasteiger partial charge in [0, 0.05) is 32.4 Å². The summed E-state index contributed by atoms with van der Waals surface area (Å²) >= 11 is 0. The number of hydrogen-bond donors (Lipinski definition) is 2. The van der Waals surface area contributed by atoms with Gasteiger partial charge in [-0.1, -0.05) is 0 Å². The average molecular weight is 429 g/mol. The van der Waals surface area contributed by atoms with Crippen LogP contribution in [-0.2, 0) is 19.6 Å². The Bertz CT molecular complexity index is 831. The zero-order valence-corrected chi connectivity index (χ0v) is 19.0. The van der Waals surface area contributed by atoms with Gasteiger partial charge in [0.1, 0.15) is 10.6 Å².